The first-order valence-electron chi connectivity index (χ1n) is 15.0. The molecule has 0 saturated heterocycles. The molecule has 3 aromatic heterocycles. The third-order valence-electron chi connectivity index (χ3n) is 8.42. The van der Waals surface area contributed by atoms with E-state index < -0.39 is 29.5 Å². The topological polar surface area (TPSA) is 140 Å². The summed E-state index contributed by atoms with van der Waals surface area (Å²) in [5.41, 5.74) is 2.00. The van der Waals surface area contributed by atoms with Crippen molar-refractivity contribution >= 4 is 29.0 Å². The lowest BCUT2D eigenvalue weighted by Gasteiger charge is -2.13. The average molecular weight is 661 g/mol. The number of ether oxygens (including phenoxy) is 2. The van der Waals surface area contributed by atoms with E-state index in [-0.39, 0.29) is 17.3 Å². The van der Waals surface area contributed by atoms with Crippen LogP contribution in [-0.2, 0) is 17.5 Å². The van der Waals surface area contributed by atoms with Crippen LogP contribution in [0.25, 0.3) is 16.8 Å². The Bertz CT molecular complexity index is 1980. The Labute approximate surface area is 272 Å². The van der Waals surface area contributed by atoms with Crippen molar-refractivity contribution in [2.45, 2.75) is 37.9 Å². The highest BCUT2D eigenvalue weighted by Crippen LogP contribution is 2.41. The van der Waals surface area contributed by atoms with E-state index in [0.29, 0.717) is 65.7 Å². The Morgan fingerprint density at radius 1 is 1.00 bits per heavy atom. The fraction of sp³-hybridized carbons (Fsp3) is 0.265. The molecule has 5 aromatic rings. The molecule has 14 heteroatoms. The number of alkyl halides is 3. The quantitative estimate of drug-likeness (QED) is 0.150. The molecule has 3 N–H and O–H groups in total. The number of carboxylic acid groups (broad SMARTS) is 1. The number of fused-ring (bicyclic) bond motifs is 1. The van der Waals surface area contributed by atoms with E-state index in [0.717, 1.165) is 23.9 Å². The summed E-state index contributed by atoms with van der Waals surface area (Å²) in [6, 6.07) is 13.6. The van der Waals surface area contributed by atoms with Gasteiger partial charge < -0.3 is 25.2 Å². The fourth-order valence-corrected chi connectivity index (χ4v) is 5.94. The molecule has 1 saturated carbocycles. The second-order valence-electron chi connectivity index (χ2n) is 11.3. The van der Waals surface area contributed by atoms with Gasteiger partial charge in [-0.1, -0.05) is 12.1 Å². The third-order valence-corrected chi connectivity index (χ3v) is 8.42. The van der Waals surface area contributed by atoms with Crippen LogP contribution in [0.5, 0.6) is 11.5 Å². The van der Waals surface area contributed by atoms with Crippen LogP contribution in [-0.4, -0.2) is 50.6 Å². The number of carbonyl (C=O) groups is 2. The normalized spacial score (nSPS) is 16.1. The number of halogens is 3. The monoisotopic (exact) mass is 660 g/mol. The number of nitrogens with zero attached hydrogens (tertiary/aromatic N) is 4. The lowest BCUT2D eigenvalue weighted by Crippen LogP contribution is -2.14. The molecular formula is C34H31F3N6O5. The maximum absolute atomic E-state index is 13.1. The number of hydrogen-bond donors (Lipinski definition) is 3. The largest absolute Gasteiger partial charge is 0.497 e. The van der Waals surface area contributed by atoms with Crippen molar-refractivity contribution in [1.82, 2.24) is 19.4 Å². The number of carbonyl (C=O) groups excluding carboxylic acids is 1. The van der Waals surface area contributed by atoms with Gasteiger partial charge in [0, 0.05) is 53.8 Å². The van der Waals surface area contributed by atoms with Crippen molar-refractivity contribution in [2.75, 3.05) is 24.9 Å². The highest BCUT2D eigenvalue weighted by molar-refractivity contribution is 6.04. The minimum absolute atomic E-state index is 0.103. The molecule has 11 nitrogen and oxygen atoms in total. The highest BCUT2D eigenvalue weighted by Gasteiger charge is 2.34. The number of aromatic nitrogens is 4. The van der Waals surface area contributed by atoms with E-state index in [4.69, 9.17) is 14.5 Å². The number of hydrogen-bond acceptors (Lipinski definition) is 8. The van der Waals surface area contributed by atoms with Crippen LogP contribution in [0.3, 0.4) is 0 Å². The summed E-state index contributed by atoms with van der Waals surface area (Å²) in [6.07, 6.45) is 1.49. The van der Waals surface area contributed by atoms with Gasteiger partial charge in [-0.2, -0.15) is 13.2 Å². The maximum Gasteiger partial charge on any atom is 0.416 e. The Balaban J connectivity index is 1.33. The van der Waals surface area contributed by atoms with Crippen LogP contribution in [0.15, 0.2) is 73.2 Å². The molecule has 0 aliphatic heterocycles. The number of benzene rings is 2. The van der Waals surface area contributed by atoms with Crippen molar-refractivity contribution in [2.24, 2.45) is 5.92 Å². The number of rotatable bonds is 10. The highest BCUT2D eigenvalue weighted by atomic mass is 19.4. The predicted octanol–water partition coefficient (Wildman–Crippen LogP) is 6.66. The number of pyridine rings is 1. The minimum Gasteiger partial charge on any atom is -0.497 e. The first-order valence-corrected chi connectivity index (χ1v) is 15.0. The summed E-state index contributed by atoms with van der Waals surface area (Å²) < 4.78 is 52.2. The van der Waals surface area contributed by atoms with Crippen molar-refractivity contribution in [3.63, 3.8) is 0 Å². The number of aliphatic carboxylic acids is 1. The lowest BCUT2D eigenvalue weighted by molar-refractivity contribution is -0.141. The van der Waals surface area contributed by atoms with E-state index in [1.807, 2.05) is 16.5 Å². The van der Waals surface area contributed by atoms with Gasteiger partial charge in [-0.3, -0.25) is 14.0 Å². The van der Waals surface area contributed by atoms with Gasteiger partial charge in [0.05, 0.1) is 25.7 Å². The van der Waals surface area contributed by atoms with Crippen molar-refractivity contribution in [1.29, 1.82) is 0 Å². The molecule has 2 aromatic carbocycles. The fourth-order valence-electron chi connectivity index (χ4n) is 5.94. The summed E-state index contributed by atoms with van der Waals surface area (Å²) >= 11 is 0. The maximum atomic E-state index is 13.1. The second kappa shape index (κ2) is 13.2. The molecule has 1 fully saturated rings. The van der Waals surface area contributed by atoms with E-state index >= 15 is 0 Å². The van der Waals surface area contributed by atoms with E-state index in [9.17, 15) is 27.9 Å². The summed E-state index contributed by atoms with van der Waals surface area (Å²) in [7, 11) is 3.15. The first kappa shape index (κ1) is 32.3. The molecule has 0 spiro atoms. The Kier molecular flexibility index (Phi) is 8.89. The average Bonchev–Trinajstić information content (AvgIpc) is 3.73. The Hall–Kier alpha value is -5.66. The number of imidazole rings is 1. The van der Waals surface area contributed by atoms with Gasteiger partial charge in [0.1, 0.15) is 34.4 Å². The van der Waals surface area contributed by atoms with E-state index in [1.54, 1.807) is 56.9 Å². The number of nitrogens with one attached hydrogen (secondary N) is 2. The van der Waals surface area contributed by atoms with Crippen molar-refractivity contribution in [3.8, 4) is 22.8 Å². The molecule has 1 aliphatic rings. The summed E-state index contributed by atoms with van der Waals surface area (Å²) in [5.74, 6) is 0.252. The van der Waals surface area contributed by atoms with Gasteiger partial charge in [-0.05, 0) is 55.7 Å². The smallest absolute Gasteiger partial charge is 0.416 e. The van der Waals surface area contributed by atoms with Crippen molar-refractivity contribution < 1.29 is 37.3 Å². The SMILES string of the molecule is COc1ccc(CNc2nccn3c([C@@H]4CC[C@H](C(=O)O)C4)nc(-c4ccc(C(=O)Nc5cc(C(F)(F)F)ccn5)cc4)c23)c(OC)c1. The molecule has 3 heterocycles. The minimum atomic E-state index is -4.58. The van der Waals surface area contributed by atoms with Gasteiger partial charge in [0.25, 0.3) is 5.91 Å². The molecule has 248 valence electrons. The third kappa shape index (κ3) is 6.59. The summed E-state index contributed by atoms with van der Waals surface area (Å²) in [4.78, 5) is 38.1. The molecule has 2 atom stereocenters. The number of amides is 1. The van der Waals surface area contributed by atoms with Gasteiger partial charge in [0.2, 0.25) is 0 Å². The molecule has 0 unspecified atom stereocenters. The summed E-state index contributed by atoms with van der Waals surface area (Å²) in [5, 5.41) is 15.4. The Morgan fingerprint density at radius 2 is 1.79 bits per heavy atom. The molecule has 1 aliphatic carbocycles. The Morgan fingerprint density at radius 3 is 2.48 bits per heavy atom. The number of carboxylic acids is 1. The van der Waals surface area contributed by atoms with E-state index in [2.05, 4.69) is 20.6 Å². The van der Waals surface area contributed by atoms with Crippen LogP contribution in [0.1, 0.15) is 52.5 Å². The number of anilines is 2. The molecule has 6 rings (SSSR count). The lowest BCUT2D eigenvalue weighted by atomic mass is 10.0. The molecule has 0 bridgehead atoms. The van der Waals surface area contributed by atoms with Crippen LogP contribution in [0.2, 0.25) is 0 Å². The van der Waals surface area contributed by atoms with Gasteiger partial charge >= 0.3 is 12.1 Å². The molecule has 48 heavy (non-hydrogen) atoms. The van der Waals surface area contributed by atoms with Gasteiger partial charge in [0.15, 0.2) is 5.82 Å². The van der Waals surface area contributed by atoms with Crippen LogP contribution in [0.4, 0.5) is 24.8 Å². The van der Waals surface area contributed by atoms with Crippen LogP contribution < -0.4 is 20.1 Å². The molecular weight excluding hydrogens is 629 g/mol. The summed E-state index contributed by atoms with van der Waals surface area (Å²) in [6.45, 7) is 0.354. The van der Waals surface area contributed by atoms with Crippen molar-refractivity contribution in [3.05, 3.63) is 95.7 Å². The van der Waals surface area contributed by atoms with Gasteiger partial charge in [-0.15, -0.1) is 0 Å². The van der Waals surface area contributed by atoms with Gasteiger partial charge in [-0.25, -0.2) is 15.0 Å². The van der Waals surface area contributed by atoms with Crippen LogP contribution in [0, 0.1) is 5.92 Å². The zero-order chi connectivity index (χ0) is 34.0. The second-order valence-corrected chi connectivity index (χ2v) is 11.3. The first-order chi connectivity index (χ1) is 23.0. The van der Waals surface area contributed by atoms with E-state index in [1.165, 1.54) is 0 Å². The zero-order valence-corrected chi connectivity index (χ0v) is 25.9. The number of methoxy groups -OCH3 is 2. The zero-order valence-electron chi connectivity index (χ0n) is 25.9. The van der Waals surface area contributed by atoms with Crippen LogP contribution >= 0.6 is 0 Å². The standard InChI is InChI=1S/C34H31F3N6O5/c1-47-25-10-9-23(26(17-25)48-2)18-40-30-29-28(42-31(43(29)14-13-39-30)21-7-8-22(15-21)33(45)46)19-3-5-20(6-4-19)32(44)41-27-16-24(11-12-38-27)34(35,36)37/h3-6,9-14,16-17,21-22H,7-8,15,18H2,1-2H3,(H,39,40)(H,45,46)(H,38,41,44)/t21-,22+/m1/s1. The molecule has 0 radical (unpaired) electrons. The molecule has 1 amide bonds. The predicted molar refractivity (Wildman–Crippen MR) is 170 cm³/mol.